The number of para-hydroxylation sites is 2. The Labute approximate surface area is 390 Å². The van der Waals surface area contributed by atoms with Gasteiger partial charge in [-0.15, -0.1) is 0 Å². The smallest absolute Gasteiger partial charge is 0.0720 e. The van der Waals surface area contributed by atoms with Gasteiger partial charge in [-0.2, -0.15) is 0 Å². The molecule has 1 heterocycles. The standard InChI is InChI=1S/C65H44N2/c1-6-20-45(21-7-1)48-40-49(46-22-8-2-9-23-46)42-55(41-48)66(54-36-39-59-58-32-18-19-33-62(58)67(63(59)44-54)52-29-14-5-15-30-52)53-35-38-57-60-37-34-47-24-16-17-31-56(47)64(60)65(61(57)43-53,50-25-10-3-11-26-50)51-27-12-4-13-28-51/h1-44H. The fourth-order valence-corrected chi connectivity index (χ4v) is 11.1. The van der Waals surface area contributed by atoms with Crippen molar-refractivity contribution >= 4 is 49.6 Å². The lowest BCUT2D eigenvalue weighted by molar-refractivity contribution is 0.775. The number of anilines is 3. The predicted octanol–water partition coefficient (Wildman–Crippen LogP) is 17.1. The Bertz CT molecular complexity index is 3680. The lowest BCUT2D eigenvalue weighted by atomic mass is 9.66. The lowest BCUT2D eigenvalue weighted by Crippen LogP contribution is -2.29. The summed E-state index contributed by atoms with van der Waals surface area (Å²) >= 11 is 0. The quantitative estimate of drug-likeness (QED) is 0.148. The first-order chi connectivity index (χ1) is 33.2. The van der Waals surface area contributed by atoms with Crippen LogP contribution in [0.15, 0.2) is 267 Å². The van der Waals surface area contributed by atoms with Crippen LogP contribution in [-0.4, -0.2) is 4.57 Å². The van der Waals surface area contributed by atoms with Crippen molar-refractivity contribution in [2.24, 2.45) is 0 Å². The van der Waals surface area contributed by atoms with Crippen molar-refractivity contribution in [3.63, 3.8) is 0 Å². The van der Waals surface area contributed by atoms with Crippen LogP contribution in [0.25, 0.3) is 71.6 Å². The van der Waals surface area contributed by atoms with Gasteiger partial charge in [0.15, 0.2) is 0 Å². The summed E-state index contributed by atoms with van der Waals surface area (Å²) in [6, 6.07) is 98.4. The first-order valence-corrected chi connectivity index (χ1v) is 23.2. The minimum Gasteiger partial charge on any atom is -0.310 e. The molecule has 0 amide bonds. The molecular weight excluding hydrogens is 809 g/mol. The van der Waals surface area contributed by atoms with Crippen LogP contribution in [0.4, 0.5) is 17.1 Å². The van der Waals surface area contributed by atoms with Gasteiger partial charge in [-0.3, -0.25) is 0 Å². The minimum absolute atomic E-state index is 0.611. The van der Waals surface area contributed by atoms with Crippen molar-refractivity contribution in [2.75, 3.05) is 4.90 Å². The van der Waals surface area contributed by atoms with Crippen LogP contribution in [0.1, 0.15) is 22.3 Å². The first kappa shape index (κ1) is 38.7. The van der Waals surface area contributed by atoms with Crippen molar-refractivity contribution in [1.29, 1.82) is 0 Å². The average molecular weight is 853 g/mol. The maximum atomic E-state index is 2.50. The van der Waals surface area contributed by atoms with Crippen LogP contribution in [0.2, 0.25) is 0 Å². The number of benzene rings is 11. The van der Waals surface area contributed by atoms with Crippen molar-refractivity contribution in [1.82, 2.24) is 4.57 Å². The normalized spacial score (nSPS) is 12.6. The molecule has 0 atom stereocenters. The lowest BCUT2D eigenvalue weighted by Gasteiger charge is -2.35. The highest BCUT2D eigenvalue weighted by molar-refractivity contribution is 6.10. The summed E-state index contributed by atoms with van der Waals surface area (Å²) < 4.78 is 2.42. The molecule has 0 saturated heterocycles. The third-order valence-electron chi connectivity index (χ3n) is 14.0. The third kappa shape index (κ3) is 6.18. The highest BCUT2D eigenvalue weighted by atomic mass is 15.1. The largest absolute Gasteiger partial charge is 0.310 e. The number of nitrogens with zero attached hydrogens (tertiary/aromatic N) is 2. The van der Waals surface area contributed by atoms with E-state index in [1.807, 2.05) is 0 Å². The fraction of sp³-hybridized carbons (Fsp3) is 0.0154. The van der Waals surface area contributed by atoms with E-state index in [0.717, 1.165) is 39.4 Å². The van der Waals surface area contributed by atoms with Gasteiger partial charge in [0.05, 0.1) is 16.4 Å². The van der Waals surface area contributed by atoms with E-state index in [9.17, 15) is 0 Å². The van der Waals surface area contributed by atoms with Gasteiger partial charge in [-0.05, 0) is 127 Å². The van der Waals surface area contributed by atoms with Crippen LogP contribution in [0.5, 0.6) is 0 Å². The van der Waals surface area contributed by atoms with E-state index < -0.39 is 5.41 Å². The average Bonchev–Trinajstić information content (AvgIpc) is 3.90. The Morgan fingerprint density at radius 3 is 1.48 bits per heavy atom. The zero-order valence-corrected chi connectivity index (χ0v) is 36.8. The Morgan fingerprint density at radius 1 is 0.313 bits per heavy atom. The van der Waals surface area contributed by atoms with Gasteiger partial charge in [0, 0.05) is 33.5 Å². The molecule has 2 nitrogen and oxygen atoms in total. The fourth-order valence-electron chi connectivity index (χ4n) is 11.1. The van der Waals surface area contributed by atoms with Gasteiger partial charge < -0.3 is 9.47 Å². The molecule has 2 heteroatoms. The second-order valence-electron chi connectivity index (χ2n) is 17.6. The summed E-state index contributed by atoms with van der Waals surface area (Å²) in [7, 11) is 0. The van der Waals surface area contributed by atoms with Crippen LogP contribution in [0, 0.1) is 0 Å². The van der Waals surface area contributed by atoms with Crippen LogP contribution in [-0.2, 0) is 5.41 Å². The van der Waals surface area contributed by atoms with Gasteiger partial charge in [-0.25, -0.2) is 0 Å². The molecule has 0 radical (unpaired) electrons. The van der Waals surface area contributed by atoms with E-state index in [1.54, 1.807) is 0 Å². The summed E-state index contributed by atoms with van der Waals surface area (Å²) in [4.78, 5) is 2.49. The van der Waals surface area contributed by atoms with Gasteiger partial charge in [-0.1, -0.05) is 206 Å². The molecular formula is C65H44N2. The highest BCUT2D eigenvalue weighted by Gasteiger charge is 2.47. The van der Waals surface area contributed by atoms with Crippen LogP contribution < -0.4 is 4.90 Å². The molecule has 1 aliphatic rings. The molecule has 1 aromatic heterocycles. The topological polar surface area (TPSA) is 8.17 Å². The van der Waals surface area contributed by atoms with E-state index >= 15 is 0 Å². The molecule has 67 heavy (non-hydrogen) atoms. The molecule has 0 N–H and O–H groups in total. The number of fused-ring (bicyclic) bond motifs is 8. The monoisotopic (exact) mass is 852 g/mol. The van der Waals surface area contributed by atoms with Crippen LogP contribution >= 0.6 is 0 Å². The molecule has 0 aliphatic heterocycles. The number of rotatable bonds is 8. The second-order valence-corrected chi connectivity index (χ2v) is 17.6. The Hall–Kier alpha value is -8.72. The van der Waals surface area contributed by atoms with E-state index in [1.165, 1.54) is 71.6 Å². The predicted molar refractivity (Wildman–Crippen MR) is 281 cm³/mol. The van der Waals surface area contributed by atoms with E-state index in [2.05, 4.69) is 276 Å². The SMILES string of the molecule is c1ccc(-c2cc(-c3ccccc3)cc(N(c3ccc4c(c3)C(c3ccccc3)(c3ccccc3)c3c-4ccc4ccccc34)c3ccc4c5ccccc5n(-c5ccccc5)c4c3)c2)cc1. The molecule has 0 bridgehead atoms. The van der Waals surface area contributed by atoms with Crippen molar-refractivity contribution < 1.29 is 0 Å². The van der Waals surface area contributed by atoms with E-state index in [4.69, 9.17) is 0 Å². The molecule has 13 rings (SSSR count). The maximum absolute atomic E-state index is 2.50. The molecule has 314 valence electrons. The second kappa shape index (κ2) is 15.8. The molecule has 11 aromatic carbocycles. The zero-order chi connectivity index (χ0) is 44.3. The van der Waals surface area contributed by atoms with E-state index in [0.29, 0.717) is 0 Å². The summed E-state index contributed by atoms with van der Waals surface area (Å²) in [5.74, 6) is 0. The Morgan fingerprint density at radius 2 is 0.821 bits per heavy atom. The Kier molecular flexibility index (Phi) is 9.11. The Balaban J connectivity index is 1.13. The van der Waals surface area contributed by atoms with Gasteiger partial charge >= 0.3 is 0 Å². The molecule has 0 saturated carbocycles. The summed E-state index contributed by atoms with van der Waals surface area (Å²) in [6.07, 6.45) is 0. The maximum Gasteiger partial charge on any atom is 0.0720 e. The minimum atomic E-state index is -0.611. The van der Waals surface area contributed by atoms with Crippen molar-refractivity contribution in [3.05, 3.63) is 289 Å². The van der Waals surface area contributed by atoms with Crippen molar-refractivity contribution in [2.45, 2.75) is 5.41 Å². The first-order valence-electron chi connectivity index (χ1n) is 23.2. The number of hydrogen-bond acceptors (Lipinski definition) is 1. The van der Waals surface area contributed by atoms with Crippen LogP contribution in [0.3, 0.4) is 0 Å². The zero-order valence-electron chi connectivity index (χ0n) is 36.8. The summed E-state index contributed by atoms with van der Waals surface area (Å²) in [5, 5.41) is 4.95. The molecule has 0 unspecified atom stereocenters. The van der Waals surface area contributed by atoms with Gasteiger partial charge in [0.2, 0.25) is 0 Å². The molecule has 12 aromatic rings. The molecule has 0 fully saturated rings. The summed E-state index contributed by atoms with van der Waals surface area (Å²) in [5.41, 5.74) is 18.3. The number of hydrogen-bond donors (Lipinski definition) is 0. The third-order valence-corrected chi connectivity index (χ3v) is 14.0. The summed E-state index contributed by atoms with van der Waals surface area (Å²) in [6.45, 7) is 0. The van der Waals surface area contributed by atoms with Gasteiger partial charge in [0.25, 0.3) is 0 Å². The highest BCUT2D eigenvalue weighted by Crippen LogP contribution is 2.59. The van der Waals surface area contributed by atoms with Crippen molar-refractivity contribution in [3.8, 4) is 39.1 Å². The molecule has 1 aliphatic carbocycles. The van der Waals surface area contributed by atoms with E-state index in [-0.39, 0.29) is 0 Å². The number of aromatic nitrogens is 1. The van der Waals surface area contributed by atoms with Gasteiger partial charge in [0.1, 0.15) is 0 Å². The molecule has 0 spiro atoms.